The maximum absolute atomic E-state index is 11.1. The Labute approximate surface area is 116 Å². The summed E-state index contributed by atoms with van der Waals surface area (Å²) in [5.74, 6) is 0. The van der Waals surface area contributed by atoms with Crippen LogP contribution < -0.4 is 16.4 Å². The Morgan fingerprint density at radius 2 is 1.82 bits per heavy atom. The Morgan fingerprint density at radius 3 is 2.53 bits per heavy atom. The van der Waals surface area contributed by atoms with Crippen LogP contribution in [-0.2, 0) is 25.8 Å². The van der Waals surface area contributed by atoms with Crippen molar-refractivity contribution in [1.82, 2.24) is 10.6 Å². The zero-order valence-corrected chi connectivity index (χ0v) is 12.4. The summed E-state index contributed by atoms with van der Waals surface area (Å²) >= 11 is 2.42. The molecule has 6 heteroatoms. The Kier molecular flexibility index (Phi) is 13.9. The van der Waals surface area contributed by atoms with Gasteiger partial charge in [-0.15, -0.1) is 0 Å². The van der Waals surface area contributed by atoms with E-state index in [1.165, 1.54) is 0 Å². The molecule has 1 amide bonds. The Bertz CT molecular complexity index is 182. The summed E-state index contributed by atoms with van der Waals surface area (Å²) in [6, 6.07) is 0. The molecule has 0 aromatic heterocycles. The topological polar surface area (TPSA) is 76.4 Å². The van der Waals surface area contributed by atoms with E-state index >= 15 is 0 Å². The van der Waals surface area contributed by atoms with Crippen LogP contribution >= 0.6 is 0 Å². The maximum atomic E-state index is 11.1. The molecule has 106 valence electrons. The predicted molar refractivity (Wildman–Crippen MR) is 64.5 cm³/mol. The fourth-order valence-corrected chi connectivity index (χ4v) is 1.49. The van der Waals surface area contributed by atoms with Crippen LogP contribution in [0.3, 0.4) is 0 Å². The fraction of sp³-hybridized carbons (Fsp3) is 0.909. The van der Waals surface area contributed by atoms with E-state index in [9.17, 15) is 4.79 Å². The number of carbonyl (C=O) groups excluding carboxylic acids is 1. The van der Waals surface area contributed by atoms with Crippen molar-refractivity contribution >= 4 is 6.09 Å². The van der Waals surface area contributed by atoms with Gasteiger partial charge in [-0.3, -0.25) is 0 Å². The van der Waals surface area contributed by atoms with Crippen LogP contribution in [0.4, 0.5) is 4.79 Å². The molecule has 0 saturated heterocycles. The second kappa shape index (κ2) is 14.0. The van der Waals surface area contributed by atoms with Gasteiger partial charge in [0.2, 0.25) is 0 Å². The number of amides is 1. The number of unbranched alkanes of at least 4 members (excludes halogenated alkanes) is 1. The van der Waals surface area contributed by atoms with E-state index in [-0.39, 0.29) is 6.09 Å². The first-order valence-electron chi connectivity index (χ1n) is 6.13. The Balaban J connectivity index is 3.08. The molecule has 0 saturated carbocycles. The van der Waals surface area contributed by atoms with E-state index in [1.54, 1.807) is 0 Å². The number of hydrogen-bond acceptors (Lipinski definition) is 4. The van der Waals surface area contributed by atoms with Crippen molar-refractivity contribution in [1.29, 1.82) is 0 Å². The first-order valence-corrected chi connectivity index (χ1v) is 7.66. The van der Waals surface area contributed by atoms with Crippen LogP contribution in [0.1, 0.15) is 25.7 Å². The number of rotatable bonds is 11. The van der Waals surface area contributed by atoms with Gasteiger partial charge < -0.3 is 5.73 Å². The third-order valence-corrected chi connectivity index (χ3v) is 2.86. The van der Waals surface area contributed by atoms with Crippen LogP contribution in [0, 0.1) is 0 Å². The molecule has 0 unspecified atom stereocenters. The van der Waals surface area contributed by atoms with E-state index in [0.29, 0.717) is 13.2 Å². The van der Waals surface area contributed by atoms with Gasteiger partial charge in [0.05, 0.1) is 0 Å². The second-order valence-electron chi connectivity index (χ2n) is 3.67. The van der Waals surface area contributed by atoms with Crippen LogP contribution in [0.2, 0.25) is 4.64 Å². The van der Waals surface area contributed by atoms with Gasteiger partial charge in [0.1, 0.15) is 0 Å². The van der Waals surface area contributed by atoms with Gasteiger partial charge in [0.25, 0.3) is 0 Å². The first-order chi connectivity index (χ1) is 8.31. The number of alkyl carbamates (subject to hydrolysis) is 1. The molecule has 0 fully saturated rings. The number of nitrogens with two attached hydrogens (primary N) is 1. The molecule has 0 aliphatic heterocycles. The molecule has 0 atom stereocenters. The zero-order valence-electron chi connectivity index (χ0n) is 10.3. The van der Waals surface area contributed by atoms with Gasteiger partial charge >= 0.3 is 97.5 Å². The molecule has 4 N–H and O–H groups in total. The first kappa shape index (κ1) is 16.9. The SMILES string of the molecule is NCCCNCCCCNC(=O)OCC[CH2][Au]. The number of hydrogen-bond donors (Lipinski definition) is 3. The quantitative estimate of drug-likeness (QED) is 0.337. The molecule has 5 nitrogen and oxygen atoms in total. The number of nitrogens with one attached hydrogen (secondary N) is 2. The Hall–Kier alpha value is -0.0697. The monoisotopic (exact) mass is 427 g/mol. The zero-order chi connectivity index (χ0) is 12.8. The average Bonchev–Trinajstić information content (AvgIpc) is 2.33. The van der Waals surface area contributed by atoms with Gasteiger partial charge in [-0.1, -0.05) is 0 Å². The van der Waals surface area contributed by atoms with Crippen molar-refractivity contribution in [3.63, 3.8) is 0 Å². The van der Waals surface area contributed by atoms with Crippen molar-refractivity contribution < 1.29 is 30.6 Å². The van der Waals surface area contributed by atoms with E-state index in [0.717, 1.165) is 50.0 Å². The summed E-state index contributed by atoms with van der Waals surface area (Å²) in [5, 5.41) is 6.02. The van der Waals surface area contributed by atoms with Crippen molar-refractivity contribution in [3.05, 3.63) is 0 Å². The second-order valence-corrected chi connectivity index (χ2v) is 4.75. The minimum atomic E-state index is -0.303. The van der Waals surface area contributed by atoms with E-state index < -0.39 is 0 Å². The van der Waals surface area contributed by atoms with Gasteiger partial charge in [0.15, 0.2) is 0 Å². The van der Waals surface area contributed by atoms with Crippen LogP contribution in [0.5, 0.6) is 0 Å². The molecule has 0 aliphatic carbocycles. The van der Waals surface area contributed by atoms with Crippen LogP contribution in [0.25, 0.3) is 0 Å². The number of carbonyl (C=O) groups is 1. The van der Waals surface area contributed by atoms with Crippen LogP contribution in [0.15, 0.2) is 0 Å². The standard InChI is InChI=1S/C11H24N3O2.Au/c1-2-10-16-11(15)14-9-4-3-7-13-8-5-6-12;/h13H,1-10,12H2,(H,14,15);. The molecule has 0 radical (unpaired) electrons. The molecule has 0 spiro atoms. The molecule has 17 heavy (non-hydrogen) atoms. The van der Waals surface area contributed by atoms with E-state index in [2.05, 4.69) is 31.7 Å². The van der Waals surface area contributed by atoms with Gasteiger partial charge in [-0.2, -0.15) is 0 Å². The molecule has 0 rings (SSSR count). The van der Waals surface area contributed by atoms with Crippen molar-refractivity contribution in [2.24, 2.45) is 5.73 Å². The average molecular weight is 427 g/mol. The minimum absolute atomic E-state index is 0.303. The van der Waals surface area contributed by atoms with Crippen molar-refractivity contribution in [2.45, 2.75) is 30.3 Å². The summed E-state index contributed by atoms with van der Waals surface area (Å²) in [4.78, 5) is 11.1. The molecule has 0 aromatic rings. The summed E-state index contributed by atoms with van der Waals surface area (Å²) in [6.45, 7) is 3.87. The summed E-state index contributed by atoms with van der Waals surface area (Å²) in [7, 11) is 0. The Morgan fingerprint density at radius 1 is 1.12 bits per heavy atom. The van der Waals surface area contributed by atoms with Crippen molar-refractivity contribution in [2.75, 3.05) is 32.8 Å². The fourth-order valence-electron chi connectivity index (χ4n) is 1.18. The predicted octanol–water partition coefficient (Wildman–Crippen LogP) is 0.786. The molecular weight excluding hydrogens is 403 g/mol. The summed E-state index contributed by atoms with van der Waals surface area (Å²) < 4.78 is 5.94. The summed E-state index contributed by atoms with van der Waals surface area (Å²) in [5.41, 5.74) is 5.37. The molecule has 0 heterocycles. The van der Waals surface area contributed by atoms with E-state index in [4.69, 9.17) is 10.5 Å². The molecule has 0 aromatic carbocycles. The van der Waals surface area contributed by atoms with Gasteiger partial charge in [-0.05, 0) is 13.0 Å². The van der Waals surface area contributed by atoms with Gasteiger partial charge in [-0.25, -0.2) is 0 Å². The van der Waals surface area contributed by atoms with Gasteiger partial charge in [0, 0.05) is 0 Å². The van der Waals surface area contributed by atoms with Crippen molar-refractivity contribution in [3.8, 4) is 0 Å². The molecule has 0 bridgehead atoms. The summed E-state index contributed by atoms with van der Waals surface area (Å²) in [6.07, 6.45) is 3.64. The van der Waals surface area contributed by atoms with E-state index in [1.807, 2.05) is 0 Å². The molecular formula is C11H24AuN3O2. The normalized spacial score (nSPS) is 10.3. The third kappa shape index (κ3) is 13.9. The molecule has 0 aliphatic rings. The number of ether oxygens (including phenoxy) is 1. The van der Waals surface area contributed by atoms with Crippen LogP contribution in [-0.4, -0.2) is 38.9 Å². The third-order valence-electron chi connectivity index (χ3n) is 2.09.